The van der Waals surface area contributed by atoms with E-state index in [1.54, 1.807) is 0 Å². The highest BCUT2D eigenvalue weighted by atomic mass is 32.2. The number of carbonyl (C=O) groups is 1. The van der Waals surface area contributed by atoms with Crippen LogP contribution in [0.15, 0.2) is 0 Å². The summed E-state index contributed by atoms with van der Waals surface area (Å²) in [5.41, 5.74) is 0. The zero-order valence-electron chi connectivity index (χ0n) is 9.48. The average molecular weight is 289 g/mol. The molecule has 106 valence electrons. The molecule has 1 aliphatic heterocycles. The number of aliphatic carboxylic acids is 1. The highest BCUT2D eigenvalue weighted by Crippen LogP contribution is 2.24. The number of carboxylic acid groups (broad SMARTS) is 1. The van der Waals surface area contributed by atoms with Gasteiger partial charge in [0, 0.05) is 13.1 Å². The van der Waals surface area contributed by atoms with Crippen LogP contribution in [-0.2, 0) is 14.8 Å². The fourth-order valence-corrected chi connectivity index (χ4v) is 3.33. The highest BCUT2D eigenvalue weighted by Gasteiger charge is 2.35. The molecule has 1 heterocycles. The van der Waals surface area contributed by atoms with Crippen molar-refractivity contribution in [1.29, 1.82) is 0 Å². The molecule has 0 aromatic rings. The first-order chi connectivity index (χ1) is 8.12. The van der Waals surface area contributed by atoms with Gasteiger partial charge in [0.2, 0.25) is 10.0 Å². The van der Waals surface area contributed by atoms with Crippen molar-refractivity contribution in [2.75, 3.05) is 18.8 Å². The Morgan fingerprint density at radius 3 is 2.50 bits per heavy atom. The van der Waals surface area contributed by atoms with Gasteiger partial charge in [-0.3, -0.25) is 4.79 Å². The van der Waals surface area contributed by atoms with Crippen molar-refractivity contribution in [3.8, 4) is 0 Å². The number of halogens is 3. The summed E-state index contributed by atoms with van der Waals surface area (Å²) in [5.74, 6) is -2.98. The molecule has 5 nitrogen and oxygen atoms in total. The van der Waals surface area contributed by atoms with Crippen LogP contribution in [0.1, 0.15) is 19.3 Å². The average Bonchev–Trinajstić information content (AvgIpc) is 2.26. The minimum Gasteiger partial charge on any atom is -0.481 e. The summed E-state index contributed by atoms with van der Waals surface area (Å²) >= 11 is 0. The Morgan fingerprint density at radius 2 is 2.00 bits per heavy atom. The largest absolute Gasteiger partial charge is 0.481 e. The summed E-state index contributed by atoms with van der Waals surface area (Å²) in [5, 5.41) is 8.78. The fraction of sp³-hybridized carbons (Fsp3) is 0.889. The first-order valence-corrected chi connectivity index (χ1v) is 7.00. The molecule has 1 atom stereocenters. The third-order valence-corrected chi connectivity index (χ3v) is 4.61. The topological polar surface area (TPSA) is 74.7 Å². The lowest BCUT2D eigenvalue weighted by Crippen LogP contribution is -2.43. The smallest absolute Gasteiger partial charge is 0.390 e. The lowest BCUT2D eigenvalue weighted by molar-refractivity contribution is -0.143. The molecule has 9 heteroatoms. The van der Waals surface area contributed by atoms with E-state index in [-0.39, 0.29) is 13.1 Å². The highest BCUT2D eigenvalue weighted by molar-refractivity contribution is 7.89. The van der Waals surface area contributed by atoms with E-state index in [2.05, 4.69) is 0 Å². The number of sulfonamides is 1. The standard InChI is InChI=1S/C9H14F3NO4S/c10-9(11,12)3-5-18(16,17)13-4-1-2-7(6-13)8(14)15/h7H,1-6H2,(H,14,15). The number of hydrogen-bond donors (Lipinski definition) is 1. The van der Waals surface area contributed by atoms with Crippen LogP contribution < -0.4 is 0 Å². The molecule has 18 heavy (non-hydrogen) atoms. The maximum absolute atomic E-state index is 12.0. The van der Waals surface area contributed by atoms with Crippen LogP contribution >= 0.6 is 0 Å². The summed E-state index contributed by atoms with van der Waals surface area (Å²) < 4.78 is 60.1. The molecular weight excluding hydrogens is 275 g/mol. The van der Waals surface area contributed by atoms with Gasteiger partial charge in [-0.15, -0.1) is 0 Å². The van der Waals surface area contributed by atoms with E-state index >= 15 is 0 Å². The van der Waals surface area contributed by atoms with Crippen LogP contribution in [-0.4, -0.2) is 48.8 Å². The molecule has 0 saturated carbocycles. The molecule has 1 aliphatic rings. The number of piperidine rings is 1. The molecule has 1 unspecified atom stereocenters. The normalized spacial score (nSPS) is 22.9. The van der Waals surface area contributed by atoms with Gasteiger partial charge in [0.15, 0.2) is 0 Å². The molecule has 0 bridgehead atoms. The van der Waals surface area contributed by atoms with Crippen LogP contribution in [0.4, 0.5) is 13.2 Å². The maximum Gasteiger partial charge on any atom is 0.390 e. The van der Waals surface area contributed by atoms with Crippen molar-refractivity contribution in [2.24, 2.45) is 5.92 Å². The number of nitrogens with zero attached hydrogens (tertiary/aromatic N) is 1. The number of rotatable bonds is 4. The number of hydrogen-bond acceptors (Lipinski definition) is 3. The van der Waals surface area contributed by atoms with Gasteiger partial charge in [-0.25, -0.2) is 12.7 Å². The number of carboxylic acids is 1. The van der Waals surface area contributed by atoms with Crippen LogP contribution in [0, 0.1) is 5.92 Å². The van der Waals surface area contributed by atoms with E-state index in [0.29, 0.717) is 12.8 Å². The molecule has 0 amide bonds. The second kappa shape index (κ2) is 5.43. The van der Waals surface area contributed by atoms with E-state index in [0.717, 1.165) is 4.31 Å². The minimum atomic E-state index is -4.53. The molecule has 0 spiro atoms. The summed E-state index contributed by atoms with van der Waals surface area (Å²) in [6.45, 7) is -0.153. The maximum atomic E-state index is 12.0. The van der Waals surface area contributed by atoms with Gasteiger partial charge in [0.05, 0.1) is 18.1 Å². The van der Waals surface area contributed by atoms with E-state index < -0.39 is 40.3 Å². The van der Waals surface area contributed by atoms with Gasteiger partial charge in [-0.1, -0.05) is 0 Å². The summed E-state index contributed by atoms with van der Waals surface area (Å²) in [6, 6.07) is 0. The van der Waals surface area contributed by atoms with Crippen molar-refractivity contribution in [2.45, 2.75) is 25.4 Å². The predicted molar refractivity (Wildman–Crippen MR) is 56.4 cm³/mol. The van der Waals surface area contributed by atoms with E-state index in [1.807, 2.05) is 0 Å². The third-order valence-electron chi connectivity index (χ3n) is 2.77. The lowest BCUT2D eigenvalue weighted by atomic mass is 10.0. The van der Waals surface area contributed by atoms with Crippen molar-refractivity contribution >= 4 is 16.0 Å². The monoisotopic (exact) mass is 289 g/mol. The third kappa shape index (κ3) is 4.45. The van der Waals surface area contributed by atoms with Crippen molar-refractivity contribution in [3.63, 3.8) is 0 Å². The first-order valence-electron chi connectivity index (χ1n) is 5.39. The van der Waals surface area contributed by atoms with E-state index in [9.17, 15) is 26.4 Å². The SMILES string of the molecule is O=C(O)C1CCCN(S(=O)(=O)CCC(F)(F)F)C1. The van der Waals surface area contributed by atoms with Crippen LogP contribution in [0.5, 0.6) is 0 Å². The molecule has 0 aromatic heterocycles. The van der Waals surface area contributed by atoms with Gasteiger partial charge < -0.3 is 5.11 Å². The Hall–Kier alpha value is -0.830. The van der Waals surface area contributed by atoms with Crippen LogP contribution in [0.25, 0.3) is 0 Å². The van der Waals surface area contributed by atoms with Crippen molar-refractivity contribution in [1.82, 2.24) is 4.31 Å². The minimum absolute atomic E-state index is 0.0873. The molecule has 1 N–H and O–H groups in total. The quantitative estimate of drug-likeness (QED) is 0.840. The molecule has 1 fully saturated rings. The van der Waals surface area contributed by atoms with E-state index in [1.165, 1.54) is 0 Å². The van der Waals surface area contributed by atoms with Crippen molar-refractivity contribution in [3.05, 3.63) is 0 Å². The predicted octanol–water partition coefficient (Wildman–Crippen LogP) is 1.07. The Labute approximate surface area is 103 Å². The lowest BCUT2D eigenvalue weighted by Gasteiger charge is -2.29. The molecule has 1 rings (SSSR count). The molecule has 1 saturated heterocycles. The van der Waals surface area contributed by atoms with Gasteiger partial charge >= 0.3 is 12.1 Å². The first kappa shape index (κ1) is 15.2. The van der Waals surface area contributed by atoms with E-state index in [4.69, 9.17) is 5.11 Å². The molecular formula is C9H14F3NO4S. The molecule has 0 radical (unpaired) electrons. The zero-order chi connectivity index (χ0) is 14.0. The molecule has 0 aromatic carbocycles. The zero-order valence-corrected chi connectivity index (χ0v) is 10.3. The Morgan fingerprint density at radius 1 is 1.39 bits per heavy atom. The second-order valence-electron chi connectivity index (χ2n) is 4.22. The fourth-order valence-electron chi connectivity index (χ4n) is 1.77. The van der Waals surface area contributed by atoms with Crippen LogP contribution in [0.3, 0.4) is 0 Å². The Kier molecular flexibility index (Phi) is 4.60. The number of alkyl halides is 3. The Bertz CT molecular complexity index is 407. The summed E-state index contributed by atoms with van der Waals surface area (Å²) in [6.07, 6.45) is -5.25. The summed E-state index contributed by atoms with van der Waals surface area (Å²) in [7, 11) is -4.03. The van der Waals surface area contributed by atoms with Gasteiger partial charge in [0.25, 0.3) is 0 Å². The summed E-state index contributed by atoms with van der Waals surface area (Å²) in [4.78, 5) is 10.7. The van der Waals surface area contributed by atoms with Crippen molar-refractivity contribution < 1.29 is 31.5 Å². The molecule has 0 aliphatic carbocycles. The van der Waals surface area contributed by atoms with Gasteiger partial charge in [0.1, 0.15) is 0 Å². The van der Waals surface area contributed by atoms with Crippen LogP contribution in [0.2, 0.25) is 0 Å². The van der Waals surface area contributed by atoms with Gasteiger partial charge in [-0.2, -0.15) is 13.2 Å². The van der Waals surface area contributed by atoms with Gasteiger partial charge in [-0.05, 0) is 12.8 Å². The second-order valence-corrected chi connectivity index (χ2v) is 6.31. The Balaban J connectivity index is 2.64.